The van der Waals surface area contributed by atoms with Crippen molar-refractivity contribution in [1.82, 2.24) is 10.2 Å². The molecule has 1 heterocycles. The maximum atomic E-state index is 5.68. The Labute approximate surface area is 105 Å². The molecule has 0 unspecified atom stereocenters. The summed E-state index contributed by atoms with van der Waals surface area (Å²) in [5.41, 5.74) is 0.816. The SMILES string of the molecule is ClCCCCOc1ccccc1-c1nnco1. The van der Waals surface area contributed by atoms with Crippen LogP contribution in [0.2, 0.25) is 0 Å². The minimum atomic E-state index is 0.470. The van der Waals surface area contributed by atoms with Crippen LogP contribution < -0.4 is 4.74 Å². The minimum absolute atomic E-state index is 0.470. The summed E-state index contributed by atoms with van der Waals surface area (Å²) in [6.07, 6.45) is 3.19. The molecular formula is C12H13ClN2O2. The van der Waals surface area contributed by atoms with Gasteiger partial charge in [0.2, 0.25) is 6.39 Å². The zero-order valence-corrected chi connectivity index (χ0v) is 10.1. The predicted octanol–water partition coefficient (Wildman–Crippen LogP) is 3.13. The predicted molar refractivity (Wildman–Crippen MR) is 65.2 cm³/mol. The van der Waals surface area contributed by atoms with Gasteiger partial charge in [-0.05, 0) is 25.0 Å². The number of benzene rings is 1. The molecule has 0 aliphatic heterocycles. The molecule has 1 aromatic heterocycles. The van der Waals surface area contributed by atoms with Gasteiger partial charge in [-0.15, -0.1) is 21.8 Å². The molecule has 0 saturated carbocycles. The first kappa shape index (κ1) is 11.9. The molecular weight excluding hydrogens is 240 g/mol. The molecule has 0 aliphatic carbocycles. The summed E-state index contributed by atoms with van der Waals surface area (Å²) in [5, 5.41) is 7.53. The van der Waals surface area contributed by atoms with Gasteiger partial charge < -0.3 is 9.15 Å². The van der Waals surface area contributed by atoms with E-state index in [1.807, 2.05) is 24.3 Å². The van der Waals surface area contributed by atoms with Crippen molar-refractivity contribution in [3.05, 3.63) is 30.7 Å². The number of rotatable bonds is 6. The highest BCUT2D eigenvalue weighted by Gasteiger charge is 2.09. The van der Waals surface area contributed by atoms with Crippen LogP contribution in [0.5, 0.6) is 5.75 Å². The van der Waals surface area contributed by atoms with Gasteiger partial charge in [-0.25, -0.2) is 0 Å². The van der Waals surface area contributed by atoms with Crippen LogP contribution in [-0.2, 0) is 0 Å². The Morgan fingerprint density at radius 3 is 2.88 bits per heavy atom. The Balaban J connectivity index is 2.06. The number of aromatic nitrogens is 2. The number of unbranched alkanes of at least 4 members (excludes halogenated alkanes) is 1. The second-order valence-corrected chi connectivity index (χ2v) is 3.86. The van der Waals surface area contributed by atoms with Crippen molar-refractivity contribution in [2.75, 3.05) is 12.5 Å². The fourth-order valence-corrected chi connectivity index (χ4v) is 1.63. The lowest BCUT2D eigenvalue weighted by Gasteiger charge is -2.08. The van der Waals surface area contributed by atoms with Gasteiger partial charge in [0, 0.05) is 5.88 Å². The van der Waals surface area contributed by atoms with Crippen LogP contribution in [0.3, 0.4) is 0 Å². The third kappa shape index (κ3) is 3.20. The summed E-state index contributed by atoms with van der Waals surface area (Å²) >= 11 is 5.61. The van der Waals surface area contributed by atoms with Crippen LogP contribution >= 0.6 is 11.6 Å². The number of halogens is 1. The molecule has 0 spiro atoms. The Morgan fingerprint density at radius 2 is 2.12 bits per heavy atom. The van der Waals surface area contributed by atoms with E-state index in [2.05, 4.69) is 10.2 Å². The lowest BCUT2D eigenvalue weighted by molar-refractivity contribution is 0.310. The van der Waals surface area contributed by atoms with Gasteiger partial charge in [-0.1, -0.05) is 12.1 Å². The van der Waals surface area contributed by atoms with Crippen molar-refractivity contribution in [2.45, 2.75) is 12.8 Å². The molecule has 0 atom stereocenters. The number of alkyl halides is 1. The van der Waals surface area contributed by atoms with E-state index in [0.29, 0.717) is 18.4 Å². The smallest absolute Gasteiger partial charge is 0.251 e. The summed E-state index contributed by atoms with van der Waals surface area (Å²) in [6.45, 7) is 0.637. The fourth-order valence-electron chi connectivity index (χ4n) is 1.44. The zero-order valence-electron chi connectivity index (χ0n) is 9.30. The molecule has 0 aliphatic rings. The van der Waals surface area contributed by atoms with Crippen molar-refractivity contribution >= 4 is 11.6 Å². The molecule has 4 nitrogen and oxygen atoms in total. The van der Waals surface area contributed by atoms with E-state index >= 15 is 0 Å². The third-order valence-electron chi connectivity index (χ3n) is 2.26. The average Bonchev–Trinajstić information content (AvgIpc) is 2.89. The molecule has 0 bridgehead atoms. The molecule has 2 rings (SSSR count). The van der Waals surface area contributed by atoms with Crippen LogP contribution in [0.25, 0.3) is 11.5 Å². The highest BCUT2D eigenvalue weighted by molar-refractivity contribution is 6.17. The van der Waals surface area contributed by atoms with Crippen molar-refractivity contribution in [2.24, 2.45) is 0 Å². The highest BCUT2D eigenvalue weighted by atomic mass is 35.5. The summed E-state index contributed by atoms with van der Waals surface area (Å²) < 4.78 is 10.8. The van der Waals surface area contributed by atoms with E-state index in [-0.39, 0.29) is 0 Å². The van der Waals surface area contributed by atoms with Gasteiger partial charge in [-0.3, -0.25) is 0 Å². The monoisotopic (exact) mass is 252 g/mol. The van der Waals surface area contributed by atoms with Crippen LogP contribution in [-0.4, -0.2) is 22.7 Å². The van der Waals surface area contributed by atoms with Crippen molar-refractivity contribution in [3.63, 3.8) is 0 Å². The van der Waals surface area contributed by atoms with Crippen molar-refractivity contribution in [3.8, 4) is 17.2 Å². The second-order valence-electron chi connectivity index (χ2n) is 3.48. The topological polar surface area (TPSA) is 48.2 Å². The fraction of sp³-hybridized carbons (Fsp3) is 0.333. The first-order valence-electron chi connectivity index (χ1n) is 5.46. The standard InChI is InChI=1S/C12H13ClN2O2/c13-7-3-4-8-16-11-6-2-1-5-10(11)12-15-14-9-17-12/h1-2,5-6,9H,3-4,7-8H2. The van der Waals surface area contributed by atoms with E-state index in [1.54, 1.807) is 0 Å². The molecule has 0 fully saturated rings. The number of nitrogens with zero attached hydrogens (tertiary/aromatic N) is 2. The summed E-state index contributed by atoms with van der Waals surface area (Å²) in [4.78, 5) is 0. The average molecular weight is 253 g/mol. The lowest BCUT2D eigenvalue weighted by atomic mass is 10.2. The van der Waals surface area contributed by atoms with Crippen LogP contribution in [0.4, 0.5) is 0 Å². The number of hydrogen-bond donors (Lipinski definition) is 0. The van der Waals surface area contributed by atoms with Gasteiger partial charge in [0.15, 0.2) is 0 Å². The normalized spacial score (nSPS) is 10.4. The maximum Gasteiger partial charge on any atom is 0.251 e. The Bertz CT molecular complexity index is 446. The molecule has 0 radical (unpaired) electrons. The summed E-state index contributed by atoms with van der Waals surface area (Å²) in [5.74, 6) is 1.89. The van der Waals surface area contributed by atoms with Gasteiger partial charge in [0.05, 0.1) is 12.2 Å². The van der Waals surface area contributed by atoms with Gasteiger partial charge >= 0.3 is 0 Å². The molecule has 1 aromatic carbocycles. The number of para-hydroxylation sites is 1. The van der Waals surface area contributed by atoms with E-state index in [4.69, 9.17) is 20.8 Å². The summed E-state index contributed by atoms with van der Waals surface area (Å²) in [6, 6.07) is 7.60. The first-order chi connectivity index (χ1) is 8.42. The van der Waals surface area contributed by atoms with E-state index in [0.717, 1.165) is 24.2 Å². The number of hydrogen-bond acceptors (Lipinski definition) is 4. The molecule has 17 heavy (non-hydrogen) atoms. The third-order valence-corrected chi connectivity index (χ3v) is 2.53. The van der Waals surface area contributed by atoms with Crippen molar-refractivity contribution < 1.29 is 9.15 Å². The first-order valence-corrected chi connectivity index (χ1v) is 5.99. The molecule has 0 amide bonds. The largest absolute Gasteiger partial charge is 0.493 e. The highest BCUT2D eigenvalue weighted by Crippen LogP contribution is 2.27. The van der Waals surface area contributed by atoms with Crippen molar-refractivity contribution in [1.29, 1.82) is 0 Å². The van der Waals surface area contributed by atoms with Gasteiger partial charge in [0.25, 0.3) is 5.89 Å². The van der Waals surface area contributed by atoms with Crippen LogP contribution in [0, 0.1) is 0 Å². The lowest BCUT2D eigenvalue weighted by Crippen LogP contribution is -1.99. The second kappa shape index (κ2) is 6.25. The van der Waals surface area contributed by atoms with Crippen LogP contribution in [0.15, 0.2) is 35.1 Å². The van der Waals surface area contributed by atoms with Crippen LogP contribution in [0.1, 0.15) is 12.8 Å². The molecule has 0 N–H and O–H groups in total. The Kier molecular flexibility index (Phi) is 4.38. The minimum Gasteiger partial charge on any atom is -0.493 e. The van der Waals surface area contributed by atoms with E-state index in [1.165, 1.54) is 6.39 Å². The molecule has 5 heteroatoms. The van der Waals surface area contributed by atoms with Gasteiger partial charge in [-0.2, -0.15) is 0 Å². The zero-order chi connectivity index (χ0) is 11.9. The van der Waals surface area contributed by atoms with E-state index < -0.39 is 0 Å². The Morgan fingerprint density at radius 1 is 1.24 bits per heavy atom. The summed E-state index contributed by atoms with van der Waals surface area (Å²) in [7, 11) is 0. The Hall–Kier alpha value is -1.55. The quantitative estimate of drug-likeness (QED) is 0.585. The van der Waals surface area contributed by atoms with E-state index in [9.17, 15) is 0 Å². The molecule has 90 valence electrons. The molecule has 0 saturated heterocycles. The maximum absolute atomic E-state index is 5.68. The van der Waals surface area contributed by atoms with Gasteiger partial charge in [0.1, 0.15) is 5.75 Å². The molecule has 2 aromatic rings. The number of ether oxygens (including phenoxy) is 1.